The summed E-state index contributed by atoms with van der Waals surface area (Å²) in [4.78, 5) is 15.7. The maximum absolute atomic E-state index is 6.47. The molecule has 0 saturated heterocycles. The molecule has 4 heterocycles. The van der Waals surface area contributed by atoms with E-state index in [0.29, 0.717) is 5.82 Å². The van der Waals surface area contributed by atoms with Gasteiger partial charge in [-0.1, -0.05) is 127 Å². The van der Waals surface area contributed by atoms with Crippen molar-refractivity contribution in [1.29, 1.82) is 0 Å². The van der Waals surface area contributed by atoms with Gasteiger partial charge in [-0.25, -0.2) is 15.0 Å². The summed E-state index contributed by atoms with van der Waals surface area (Å²) in [6.07, 6.45) is 0. The van der Waals surface area contributed by atoms with Crippen molar-refractivity contribution in [1.82, 2.24) is 15.0 Å². The maximum atomic E-state index is 6.47. The number of hydrogen-bond donors (Lipinski definition) is 0. The summed E-state index contributed by atoms with van der Waals surface area (Å²) in [6, 6.07) is 57.1. The van der Waals surface area contributed by atoms with Crippen LogP contribution in [0.4, 0.5) is 0 Å². The molecule has 0 unspecified atom stereocenters. The molecule has 0 saturated carbocycles. The van der Waals surface area contributed by atoms with Crippen molar-refractivity contribution in [2.45, 2.75) is 0 Å². The van der Waals surface area contributed by atoms with E-state index in [9.17, 15) is 0 Å². The van der Waals surface area contributed by atoms with Crippen molar-refractivity contribution in [3.8, 4) is 45.2 Å². The molecule has 0 atom stereocenters. The Morgan fingerprint density at radius 3 is 2.06 bits per heavy atom. The van der Waals surface area contributed by atoms with Gasteiger partial charge >= 0.3 is 0 Å². The van der Waals surface area contributed by atoms with Crippen molar-refractivity contribution in [2.75, 3.05) is 0 Å². The SMILES string of the molecule is c1ccc2cc(-c3cc(-c4cccc5c4oc4ccccc45)nc(-c4ccc(-c5nc6ccccc6c6sc7ccccc7c56)cc4)n3)ccc2c1. The van der Waals surface area contributed by atoms with Crippen LogP contribution in [0, 0.1) is 0 Å². The maximum Gasteiger partial charge on any atom is 0.160 e. The van der Waals surface area contributed by atoms with Crippen LogP contribution in [0.1, 0.15) is 0 Å². The second-order valence-corrected chi connectivity index (χ2v) is 14.2. The van der Waals surface area contributed by atoms with Gasteiger partial charge in [0.1, 0.15) is 11.2 Å². The summed E-state index contributed by atoms with van der Waals surface area (Å²) < 4.78 is 9.00. The zero-order valence-corrected chi connectivity index (χ0v) is 28.6. The van der Waals surface area contributed by atoms with Crippen molar-refractivity contribution in [3.63, 3.8) is 0 Å². The van der Waals surface area contributed by atoms with Crippen molar-refractivity contribution in [3.05, 3.63) is 164 Å². The van der Waals surface area contributed by atoms with E-state index in [2.05, 4.69) is 146 Å². The van der Waals surface area contributed by atoms with E-state index >= 15 is 0 Å². The van der Waals surface area contributed by atoms with E-state index in [1.54, 1.807) is 0 Å². The Morgan fingerprint density at radius 1 is 0.462 bits per heavy atom. The molecule has 7 aromatic carbocycles. The number of aromatic nitrogens is 3. The van der Waals surface area contributed by atoms with Crippen LogP contribution >= 0.6 is 11.3 Å². The molecule has 5 heteroatoms. The fourth-order valence-corrected chi connectivity index (χ4v) is 8.79. The van der Waals surface area contributed by atoms with Gasteiger partial charge in [-0.15, -0.1) is 11.3 Å². The van der Waals surface area contributed by atoms with Gasteiger partial charge in [0.2, 0.25) is 0 Å². The number of thiophene rings is 1. The van der Waals surface area contributed by atoms with Crippen LogP contribution in [0.5, 0.6) is 0 Å². The zero-order valence-electron chi connectivity index (χ0n) is 27.7. The molecule has 0 bridgehead atoms. The Morgan fingerprint density at radius 2 is 1.15 bits per heavy atom. The second kappa shape index (κ2) is 11.4. The fraction of sp³-hybridized carbons (Fsp3) is 0. The molecular formula is C47H27N3OS. The van der Waals surface area contributed by atoms with Crippen LogP contribution in [-0.4, -0.2) is 15.0 Å². The van der Waals surface area contributed by atoms with Crippen molar-refractivity contribution in [2.24, 2.45) is 0 Å². The Bertz CT molecular complexity index is 3190. The average molecular weight is 682 g/mol. The molecule has 0 N–H and O–H groups in total. The molecule has 4 nitrogen and oxygen atoms in total. The highest BCUT2D eigenvalue weighted by Crippen LogP contribution is 2.43. The van der Waals surface area contributed by atoms with Gasteiger partial charge in [-0.3, -0.25) is 0 Å². The number of fused-ring (bicyclic) bond motifs is 9. The summed E-state index contributed by atoms with van der Waals surface area (Å²) >= 11 is 1.83. The summed E-state index contributed by atoms with van der Waals surface area (Å²) in [5.74, 6) is 0.651. The Balaban J connectivity index is 1.10. The third kappa shape index (κ3) is 4.57. The molecule has 0 radical (unpaired) electrons. The molecule has 242 valence electrons. The number of hydrogen-bond acceptors (Lipinski definition) is 5. The fourth-order valence-electron chi connectivity index (χ4n) is 7.56. The number of rotatable bonds is 4. The molecular weight excluding hydrogens is 655 g/mol. The number of pyridine rings is 1. The summed E-state index contributed by atoms with van der Waals surface area (Å²) in [5, 5.41) is 8.14. The highest BCUT2D eigenvalue weighted by atomic mass is 32.1. The molecule has 0 amide bonds. The van der Waals surface area contributed by atoms with Gasteiger partial charge in [-0.2, -0.15) is 0 Å². The molecule has 52 heavy (non-hydrogen) atoms. The van der Waals surface area contributed by atoms with E-state index < -0.39 is 0 Å². The van der Waals surface area contributed by atoms with Crippen LogP contribution in [0.25, 0.3) is 109 Å². The number of benzene rings is 7. The molecule has 11 aromatic rings. The lowest BCUT2D eigenvalue weighted by Crippen LogP contribution is -1.96. The van der Waals surface area contributed by atoms with Crippen LogP contribution in [-0.2, 0) is 0 Å². The van der Waals surface area contributed by atoms with Gasteiger partial charge in [0.15, 0.2) is 5.82 Å². The van der Waals surface area contributed by atoms with E-state index in [4.69, 9.17) is 19.4 Å². The van der Waals surface area contributed by atoms with E-state index in [1.165, 1.54) is 36.3 Å². The minimum Gasteiger partial charge on any atom is -0.455 e. The highest BCUT2D eigenvalue weighted by Gasteiger charge is 2.19. The number of furan rings is 1. The van der Waals surface area contributed by atoms with E-state index in [1.807, 2.05) is 29.5 Å². The van der Waals surface area contributed by atoms with Crippen LogP contribution in [0.3, 0.4) is 0 Å². The number of para-hydroxylation sites is 3. The lowest BCUT2D eigenvalue weighted by Gasteiger charge is -2.11. The Hall–Kier alpha value is -6.69. The summed E-state index contributed by atoms with van der Waals surface area (Å²) in [7, 11) is 0. The Labute approximate surface area is 302 Å². The standard InChI is InChI=1S/C47H27N3OS/c1-2-11-31-26-32(25-20-28(31)10-1)39-27-40(35-16-9-15-34-33-12-4-7-18-41(33)51-45(34)35)50-47(49-39)30-23-21-29(22-24-30)44-43-37-14-5-8-19-42(37)52-46(43)36-13-3-6-17-38(36)48-44/h1-27H. The third-order valence-electron chi connectivity index (χ3n) is 10.1. The first-order valence-corrected chi connectivity index (χ1v) is 18.2. The molecule has 4 aromatic heterocycles. The van der Waals surface area contributed by atoms with Crippen LogP contribution in [0.2, 0.25) is 0 Å². The van der Waals surface area contributed by atoms with Gasteiger partial charge in [0.05, 0.1) is 22.6 Å². The topological polar surface area (TPSA) is 51.8 Å². The summed E-state index contributed by atoms with van der Waals surface area (Å²) in [5.41, 5.74) is 9.28. The minimum atomic E-state index is 0.651. The smallest absolute Gasteiger partial charge is 0.160 e. The zero-order chi connectivity index (χ0) is 34.2. The lowest BCUT2D eigenvalue weighted by molar-refractivity contribution is 0.670. The van der Waals surface area contributed by atoms with Crippen LogP contribution in [0.15, 0.2) is 168 Å². The molecule has 0 fully saturated rings. The predicted molar refractivity (Wildman–Crippen MR) is 217 cm³/mol. The Kier molecular flexibility index (Phi) is 6.39. The normalized spacial score (nSPS) is 11.8. The molecule has 11 rings (SSSR count). The van der Waals surface area contributed by atoms with Gasteiger partial charge in [0, 0.05) is 58.6 Å². The monoisotopic (exact) mass is 681 g/mol. The number of nitrogens with zero attached hydrogens (tertiary/aromatic N) is 3. The minimum absolute atomic E-state index is 0.651. The second-order valence-electron chi connectivity index (χ2n) is 13.2. The lowest BCUT2D eigenvalue weighted by atomic mass is 10.0. The third-order valence-corrected chi connectivity index (χ3v) is 11.3. The molecule has 0 aliphatic rings. The first-order valence-electron chi connectivity index (χ1n) is 17.3. The first-order chi connectivity index (χ1) is 25.7. The quantitative estimate of drug-likeness (QED) is 0.185. The average Bonchev–Trinajstić information content (AvgIpc) is 3.80. The van der Waals surface area contributed by atoms with Gasteiger partial charge in [0.25, 0.3) is 0 Å². The van der Waals surface area contributed by atoms with Crippen molar-refractivity contribution < 1.29 is 4.42 Å². The molecule has 0 aliphatic carbocycles. The van der Waals surface area contributed by atoms with E-state index in [0.717, 1.165) is 66.8 Å². The predicted octanol–water partition coefficient (Wildman–Crippen LogP) is 13.1. The van der Waals surface area contributed by atoms with Gasteiger partial charge < -0.3 is 4.42 Å². The summed E-state index contributed by atoms with van der Waals surface area (Å²) in [6.45, 7) is 0. The van der Waals surface area contributed by atoms with Gasteiger partial charge in [-0.05, 0) is 47.2 Å². The van der Waals surface area contributed by atoms with Crippen LogP contribution < -0.4 is 0 Å². The van der Waals surface area contributed by atoms with E-state index in [-0.39, 0.29) is 0 Å². The largest absolute Gasteiger partial charge is 0.455 e. The molecule has 0 spiro atoms. The first kappa shape index (κ1) is 29.1. The van der Waals surface area contributed by atoms with Crippen molar-refractivity contribution >= 4 is 75.1 Å². The molecule has 0 aliphatic heterocycles. The highest BCUT2D eigenvalue weighted by molar-refractivity contribution is 7.26.